The van der Waals surface area contributed by atoms with Crippen molar-refractivity contribution in [2.24, 2.45) is 0 Å². The van der Waals surface area contributed by atoms with Gasteiger partial charge in [-0.15, -0.1) is 0 Å². The standard InChI is InChI=1S/C39H41N3O8S/c43-35(22-21-33(38(46)49-25-30-15-7-2-8-16-30)42-39(47)50-26-31-17-9-3-10-18-31)41-34(28-51-27-32-19-11-4-12-20-32)37(45)40-23-36(44)48-24-29-13-5-1-6-14-29/h1-20,33-34H,21-28H2,(H,40,45)(H,41,43)(H,42,47)/t33-,34-/m0/s1/i23+1,36+1,40+1. The zero-order chi connectivity index (χ0) is 36.1. The van der Waals surface area contributed by atoms with Gasteiger partial charge in [0, 0.05) is 17.9 Å². The van der Waals surface area contributed by atoms with Gasteiger partial charge in [0.15, 0.2) is 0 Å². The van der Waals surface area contributed by atoms with E-state index in [1.165, 1.54) is 11.8 Å². The van der Waals surface area contributed by atoms with E-state index < -0.39 is 41.9 Å². The SMILES string of the molecule is O=C(CC[C@H](NC(=O)OCc1ccccc1)C(=O)OCc1ccccc1)N[C@@H](CSCc1ccccc1)C(=O)[15NH][13CH2][13C](=O)OCc1ccccc1. The minimum atomic E-state index is -1.21. The first-order valence-corrected chi connectivity index (χ1v) is 17.6. The fourth-order valence-electron chi connectivity index (χ4n) is 4.65. The Hall–Kier alpha value is -5.62. The smallest absolute Gasteiger partial charge is 0.408 e. The lowest BCUT2D eigenvalue weighted by molar-refractivity contribution is -0.147. The highest BCUT2D eigenvalue weighted by Crippen LogP contribution is 2.14. The topological polar surface area (TPSA) is 149 Å². The molecule has 51 heavy (non-hydrogen) atoms. The summed E-state index contributed by atoms with van der Waals surface area (Å²) in [7, 11) is 0. The van der Waals surface area contributed by atoms with E-state index in [-0.39, 0.29) is 45.0 Å². The zero-order valence-electron chi connectivity index (χ0n) is 28.0. The van der Waals surface area contributed by atoms with Gasteiger partial charge in [-0.05, 0) is 28.7 Å². The maximum absolute atomic E-state index is 13.2. The number of esters is 2. The minimum Gasteiger partial charge on any atom is -0.460 e. The first-order valence-electron chi connectivity index (χ1n) is 16.4. The van der Waals surface area contributed by atoms with Gasteiger partial charge in [0.1, 0.15) is 38.4 Å². The first-order chi connectivity index (χ1) is 24.9. The van der Waals surface area contributed by atoms with Crippen molar-refractivity contribution < 1.29 is 38.2 Å². The lowest BCUT2D eigenvalue weighted by atomic mass is 10.1. The van der Waals surface area contributed by atoms with Crippen molar-refractivity contribution in [3.05, 3.63) is 144 Å². The lowest BCUT2D eigenvalue weighted by Gasteiger charge is -2.20. The molecule has 0 aliphatic heterocycles. The molecule has 12 heteroatoms. The second kappa shape index (κ2) is 21.5. The van der Waals surface area contributed by atoms with Gasteiger partial charge in [0.05, 0.1) is 0 Å². The Balaban J connectivity index is 1.34. The average Bonchev–Trinajstić information content (AvgIpc) is 3.17. The Labute approximate surface area is 301 Å². The molecule has 266 valence electrons. The van der Waals surface area contributed by atoms with Crippen LogP contribution in [0.4, 0.5) is 4.79 Å². The van der Waals surface area contributed by atoms with Crippen LogP contribution in [-0.2, 0) is 59.0 Å². The molecule has 0 saturated heterocycles. The molecule has 4 aromatic carbocycles. The number of hydrogen-bond acceptors (Lipinski definition) is 9. The number of hydrogen-bond donors (Lipinski definition) is 3. The second-order valence-corrected chi connectivity index (χ2v) is 12.4. The Morgan fingerprint density at radius 1 is 0.569 bits per heavy atom. The summed E-state index contributed by atoms with van der Waals surface area (Å²) in [6.45, 7) is -0.370. The van der Waals surface area contributed by atoms with Gasteiger partial charge in [-0.2, -0.15) is 11.8 Å². The van der Waals surface area contributed by atoms with E-state index in [4.69, 9.17) is 14.2 Å². The number of rotatable bonds is 19. The molecule has 0 spiro atoms. The maximum Gasteiger partial charge on any atom is 0.408 e. The predicted octanol–water partition coefficient (Wildman–Crippen LogP) is 5.08. The number of amides is 3. The molecule has 4 rings (SSSR count). The van der Waals surface area contributed by atoms with Crippen molar-refractivity contribution in [2.75, 3.05) is 12.3 Å². The summed E-state index contributed by atoms with van der Waals surface area (Å²) >= 11 is 1.43. The van der Waals surface area contributed by atoms with E-state index >= 15 is 0 Å². The van der Waals surface area contributed by atoms with Gasteiger partial charge in [0.25, 0.3) is 0 Å². The van der Waals surface area contributed by atoms with Gasteiger partial charge < -0.3 is 30.2 Å². The molecule has 3 N–H and O–H groups in total. The van der Waals surface area contributed by atoms with Crippen LogP contribution in [0.5, 0.6) is 0 Å². The van der Waals surface area contributed by atoms with Crippen molar-refractivity contribution in [1.82, 2.24) is 16.0 Å². The molecule has 4 aromatic rings. The highest BCUT2D eigenvalue weighted by molar-refractivity contribution is 7.98. The van der Waals surface area contributed by atoms with Gasteiger partial charge in [-0.25, -0.2) is 9.59 Å². The van der Waals surface area contributed by atoms with Gasteiger partial charge in [-0.3, -0.25) is 14.4 Å². The highest BCUT2D eigenvalue weighted by Gasteiger charge is 2.26. The molecule has 0 heterocycles. The van der Waals surface area contributed by atoms with E-state index in [1.54, 1.807) is 24.3 Å². The summed E-state index contributed by atoms with van der Waals surface area (Å²) in [6.07, 6.45) is -1.21. The molecule has 0 fully saturated rings. The van der Waals surface area contributed by atoms with Crippen molar-refractivity contribution in [3.63, 3.8) is 0 Å². The lowest BCUT2D eigenvalue weighted by Crippen LogP contribution is -2.50. The monoisotopic (exact) mass is 714 g/mol. The Bertz CT molecular complexity index is 1680. The Morgan fingerprint density at radius 2 is 1.06 bits per heavy atom. The summed E-state index contributed by atoms with van der Waals surface area (Å²) in [4.78, 5) is 64.5. The molecule has 0 unspecified atom stereocenters. The summed E-state index contributed by atoms with van der Waals surface area (Å²) in [5.74, 6) is -1.69. The number of carbonyl (C=O) groups is 5. The normalized spacial score (nSPS) is 11.7. The van der Waals surface area contributed by atoms with E-state index in [2.05, 4.69) is 16.0 Å². The van der Waals surface area contributed by atoms with Gasteiger partial charge in [0.2, 0.25) is 11.8 Å². The van der Waals surface area contributed by atoms with Crippen LogP contribution in [0.1, 0.15) is 35.1 Å². The quantitative estimate of drug-likeness (QED) is 0.0523. The highest BCUT2D eigenvalue weighted by atomic mass is 32.2. The number of alkyl carbamates (subject to hydrolysis) is 1. The molecular formula is C39H41N3O8S. The van der Waals surface area contributed by atoms with Crippen LogP contribution < -0.4 is 16.0 Å². The predicted molar refractivity (Wildman–Crippen MR) is 193 cm³/mol. The molecule has 0 saturated carbocycles. The Morgan fingerprint density at radius 3 is 1.61 bits per heavy atom. The molecule has 0 aliphatic rings. The molecule has 2 atom stereocenters. The first kappa shape index (κ1) is 38.2. The van der Waals surface area contributed by atoms with Crippen LogP contribution in [-0.4, -0.2) is 54.2 Å². The molecule has 0 radical (unpaired) electrons. The number of carbonyl (C=O) groups excluding carboxylic acids is 5. The van der Waals surface area contributed by atoms with Crippen molar-refractivity contribution in [3.8, 4) is 0 Å². The third-order valence-electron chi connectivity index (χ3n) is 7.37. The van der Waals surface area contributed by atoms with E-state index in [1.807, 2.05) is 97.1 Å². The fraction of sp³-hybridized carbons (Fsp3) is 0.256. The van der Waals surface area contributed by atoms with Crippen LogP contribution in [0.15, 0.2) is 121 Å². The third-order valence-corrected chi connectivity index (χ3v) is 8.48. The van der Waals surface area contributed by atoms with Crippen LogP contribution in [0.2, 0.25) is 0 Å². The van der Waals surface area contributed by atoms with Gasteiger partial charge >= 0.3 is 18.0 Å². The van der Waals surface area contributed by atoms with Gasteiger partial charge in [-0.1, -0.05) is 121 Å². The fourth-order valence-corrected chi connectivity index (χ4v) is 5.67. The molecule has 0 bridgehead atoms. The van der Waals surface area contributed by atoms with Crippen molar-refractivity contribution >= 4 is 41.6 Å². The summed E-state index contributed by atoms with van der Waals surface area (Å²) < 4.78 is 16.0. The van der Waals surface area contributed by atoms with E-state index in [0.717, 1.165) is 22.3 Å². The zero-order valence-corrected chi connectivity index (χ0v) is 28.8. The number of nitrogens with one attached hydrogen (secondary N) is 3. The van der Waals surface area contributed by atoms with E-state index in [9.17, 15) is 24.0 Å². The molecule has 3 amide bonds. The van der Waals surface area contributed by atoms with Crippen LogP contribution in [0, 0.1) is 0 Å². The average molecular weight is 715 g/mol. The van der Waals surface area contributed by atoms with Crippen molar-refractivity contribution in [1.29, 1.82) is 0 Å². The van der Waals surface area contributed by atoms with E-state index in [0.29, 0.717) is 5.75 Å². The molecular weight excluding hydrogens is 673 g/mol. The summed E-state index contributed by atoms with van der Waals surface area (Å²) in [5.41, 5.74) is 3.36. The maximum atomic E-state index is 13.2. The third kappa shape index (κ3) is 14.8. The molecule has 11 nitrogen and oxygen atoms in total. The van der Waals surface area contributed by atoms with Crippen LogP contribution >= 0.6 is 11.8 Å². The number of benzene rings is 4. The largest absolute Gasteiger partial charge is 0.460 e. The number of ether oxygens (including phenoxy) is 3. The minimum absolute atomic E-state index is 0.0177. The van der Waals surface area contributed by atoms with Crippen LogP contribution in [0.25, 0.3) is 0 Å². The summed E-state index contributed by atoms with van der Waals surface area (Å²) in [5, 5.41) is 7.78. The van der Waals surface area contributed by atoms with Crippen molar-refractivity contribution in [2.45, 2.75) is 50.5 Å². The molecule has 0 aromatic heterocycles. The van der Waals surface area contributed by atoms with Crippen LogP contribution in [0.3, 0.4) is 0 Å². The second-order valence-electron chi connectivity index (χ2n) is 11.4. The molecule has 0 aliphatic carbocycles. The Kier molecular flexibility index (Phi) is 16.1. The summed E-state index contributed by atoms with van der Waals surface area (Å²) in [6, 6.07) is 34.7. The number of thioether (sulfide) groups is 1.